The van der Waals surface area contributed by atoms with Gasteiger partial charge in [0, 0.05) is 41.0 Å². The van der Waals surface area contributed by atoms with Gasteiger partial charge >= 0.3 is 0 Å². The molecule has 1 unspecified atom stereocenters. The van der Waals surface area contributed by atoms with Crippen LogP contribution >= 0.6 is 0 Å². The summed E-state index contributed by atoms with van der Waals surface area (Å²) < 4.78 is 17.4. The normalized spacial score (nSPS) is 36.4. The second-order valence-corrected chi connectivity index (χ2v) is 7.41. The summed E-state index contributed by atoms with van der Waals surface area (Å²) in [7, 11) is -0.551. The average molecular weight is 273 g/mol. The van der Waals surface area contributed by atoms with E-state index in [1.54, 1.807) is 0 Å². The largest absolute Gasteiger partial charge is 0.375 e. The van der Waals surface area contributed by atoms with Crippen LogP contribution in [0.3, 0.4) is 0 Å². The molecule has 2 rings (SSSR count). The van der Waals surface area contributed by atoms with E-state index in [2.05, 4.69) is 19.2 Å². The highest BCUT2D eigenvalue weighted by molar-refractivity contribution is 7.85. The zero-order valence-corrected chi connectivity index (χ0v) is 12.6. The summed E-state index contributed by atoms with van der Waals surface area (Å²) in [5, 5.41) is 3.79. The molecule has 1 atom stereocenters. The Morgan fingerprint density at radius 2 is 1.83 bits per heavy atom. The molecule has 2 fully saturated rings. The summed E-state index contributed by atoms with van der Waals surface area (Å²) in [6.45, 7) is 5.35. The van der Waals surface area contributed by atoms with Gasteiger partial charge in [0.25, 0.3) is 0 Å². The minimum Gasteiger partial charge on any atom is -0.375 e. The number of rotatable bonds is 4. The van der Waals surface area contributed by atoms with Crippen molar-refractivity contribution in [3.63, 3.8) is 0 Å². The van der Waals surface area contributed by atoms with Gasteiger partial charge < -0.3 is 10.1 Å². The van der Waals surface area contributed by atoms with Crippen LogP contribution in [-0.4, -0.2) is 40.0 Å². The van der Waals surface area contributed by atoms with Gasteiger partial charge in [0.1, 0.15) is 0 Å². The topological polar surface area (TPSA) is 38.3 Å². The second kappa shape index (κ2) is 6.49. The Labute approximate surface area is 114 Å². The first-order valence-corrected chi connectivity index (χ1v) is 8.91. The van der Waals surface area contributed by atoms with Gasteiger partial charge in [0.05, 0.1) is 5.60 Å². The molecule has 2 saturated heterocycles. The molecule has 106 valence electrons. The van der Waals surface area contributed by atoms with E-state index in [0.717, 1.165) is 56.6 Å². The van der Waals surface area contributed by atoms with E-state index >= 15 is 0 Å². The Balaban J connectivity index is 1.84. The SMILES string of the molecule is CCC1(CC)CC(NC2CCS(=O)CC2)CCO1. The van der Waals surface area contributed by atoms with E-state index in [9.17, 15) is 4.21 Å². The third kappa shape index (κ3) is 3.55. The first-order chi connectivity index (χ1) is 8.67. The molecule has 0 radical (unpaired) electrons. The molecule has 3 nitrogen and oxygen atoms in total. The van der Waals surface area contributed by atoms with Crippen molar-refractivity contribution in [1.29, 1.82) is 0 Å². The fourth-order valence-corrected chi connectivity index (χ4v) is 4.51. The average Bonchev–Trinajstić information content (AvgIpc) is 2.41. The minimum atomic E-state index is -0.551. The van der Waals surface area contributed by atoms with Gasteiger partial charge in [-0.25, -0.2) is 0 Å². The van der Waals surface area contributed by atoms with Gasteiger partial charge in [-0.2, -0.15) is 0 Å². The summed E-state index contributed by atoms with van der Waals surface area (Å²) in [5.41, 5.74) is 0.105. The standard InChI is InChI=1S/C14H27NO2S/c1-3-14(4-2)11-13(5-8-17-14)15-12-6-9-18(16)10-7-12/h12-13,15H,3-11H2,1-2H3. The minimum absolute atomic E-state index is 0.105. The Bertz CT molecular complexity index is 282. The van der Waals surface area contributed by atoms with Crippen LogP contribution in [0, 0.1) is 0 Å². The van der Waals surface area contributed by atoms with E-state index in [1.165, 1.54) is 0 Å². The van der Waals surface area contributed by atoms with Crippen LogP contribution in [0.15, 0.2) is 0 Å². The molecule has 0 bridgehead atoms. The highest BCUT2D eigenvalue weighted by Gasteiger charge is 2.35. The summed E-state index contributed by atoms with van der Waals surface area (Å²) in [4.78, 5) is 0. The smallest absolute Gasteiger partial charge is 0.0692 e. The van der Waals surface area contributed by atoms with E-state index in [-0.39, 0.29) is 5.60 Å². The quantitative estimate of drug-likeness (QED) is 0.853. The molecule has 4 heteroatoms. The molecule has 0 spiro atoms. The van der Waals surface area contributed by atoms with Gasteiger partial charge in [-0.1, -0.05) is 13.8 Å². The van der Waals surface area contributed by atoms with Crippen molar-refractivity contribution in [2.75, 3.05) is 18.1 Å². The molecule has 0 amide bonds. The lowest BCUT2D eigenvalue weighted by Gasteiger charge is -2.42. The molecule has 2 aliphatic rings. The first-order valence-electron chi connectivity index (χ1n) is 7.42. The summed E-state index contributed by atoms with van der Waals surface area (Å²) >= 11 is 0. The van der Waals surface area contributed by atoms with Gasteiger partial charge in [-0.05, 0) is 38.5 Å². The van der Waals surface area contributed by atoms with Crippen LogP contribution in [0.25, 0.3) is 0 Å². The maximum atomic E-state index is 11.4. The number of hydrogen-bond acceptors (Lipinski definition) is 3. The lowest BCUT2D eigenvalue weighted by molar-refractivity contribution is -0.0941. The lowest BCUT2D eigenvalue weighted by Crippen LogP contribution is -2.50. The van der Waals surface area contributed by atoms with Crippen LogP contribution in [0.5, 0.6) is 0 Å². The van der Waals surface area contributed by atoms with Crippen LogP contribution in [0.4, 0.5) is 0 Å². The highest BCUT2D eigenvalue weighted by Crippen LogP contribution is 2.31. The second-order valence-electron chi connectivity index (χ2n) is 5.72. The number of ether oxygens (including phenoxy) is 1. The number of nitrogens with one attached hydrogen (secondary N) is 1. The Hall–Kier alpha value is 0.0700. The van der Waals surface area contributed by atoms with Gasteiger partial charge in [0.2, 0.25) is 0 Å². The fraction of sp³-hybridized carbons (Fsp3) is 1.00. The molecule has 2 aliphatic heterocycles. The lowest BCUT2D eigenvalue weighted by atomic mass is 9.85. The van der Waals surface area contributed by atoms with Crippen LogP contribution in [-0.2, 0) is 15.5 Å². The third-order valence-electron chi connectivity index (χ3n) is 4.64. The third-order valence-corrected chi connectivity index (χ3v) is 6.02. The predicted molar refractivity (Wildman–Crippen MR) is 76.3 cm³/mol. The molecule has 0 saturated carbocycles. The molecular formula is C14H27NO2S. The fourth-order valence-electron chi connectivity index (χ4n) is 3.21. The van der Waals surface area contributed by atoms with E-state index < -0.39 is 10.8 Å². The van der Waals surface area contributed by atoms with Crippen LogP contribution < -0.4 is 5.32 Å². The Morgan fingerprint density at radius 1 is 1.17 bits per heavy atom. The molecule has 0 aromatic carbocycles. The molecule has 0 aromatic rings. The zero-order chi connectivity index (χ0) is 13.0. The van der Waals surface area contributed by atoms with Crippen molar-refractivity contribution in [2.45, 2.75) is 70.1 Å². The molecule has 18 heavy (non-hydrogen) atoms. The Morgan fingerprint density at radius 3 is 2.44 bits per heavy atom. The summed E-state index contributed by atoms with van der Waals surface area (Å²) in [6.07, 6.45) is 6.64. The van der Waals surface area contributed by atoms with Gasteiger partial charge in [-0.15, -0.1) is 0 Å². The summed E-state index contributed by atoms with van der Waals surface area (Å²) in [6, 6.07) is 1.17. The van der Waals surface area contributed by atoms with Crippen molar-refractivity contribution in [2.24, 2.45) is 0 Å². The monoisotopic (exact) mass is 273 g/mol. The van der Waals surface area contributed by atoms with Crippen molar-refractivity contribution in [3.8, 4) is 0 Å². The van der Waals surface area contributed by atoms with Crippen molar-refractivity contribution < 1.29 is 8.95 Å². The zero-order valence-electron chi connectivity index (χ0n) is 11.7. The van der Waals surface area contributed by atoms with Crippen molar-refractivity contribution in [1.82, 2.24) is 5.32 Å². The summed E-state index contributed by atoms with van der Waals surface area (Å²) in [5.74, 6) is 1.77. The van der Waals surface area contributed by atoms with E-state index in [0.29, 0.717) is 12.1 Å². The highest BCUT2D eigenvalue weighted by atomic mass is 32.2. The molecule has 0 aromatic heterocycles. The van der Waals surface area contributed by atoms with E-state index in [4.69, 9.17) is 4.74 Å². The van der Waals surface area contributed by atoms with E-state index in [1.807, 2.05) is 0 Å². The predicted octanol–water partition coefficient (Wildman–Crippen LogP) is 2.22. The molecular weight excluding hydrogens is 246 g/mol. The molecule has 2 heterocycles. The maximum absolute atomic E-state index is 11.4. The first kappa shape index (κ1) is 14.5. The maximum Gasteiger partial charge on any atom is 0.0692 e. The van der Waals surface area contributed by atoms with Crippen LogP contribution in [0.1, 0.15) is 52.4 Å². The molecule has 0 aliphatic carbocycles. The van der Waals surface area contributed by atoms with Crippen LogP contribution in [0.2, 0.25) is 0 Å². The molecule has 1 N–H and O–H groups in total. The Kier molecular flexibility index (Phi) is 5.22. The van der Waals surface area contributed by atoms with Gasteiger partial charge in [-0.3, -0.25) is 4.21 Å². The number of hydrogen-bond donors (Lipinski definition) is 1. The van der Waals surface area contributed by atoms with Crippen molar-refractivity contribution in [3.05, 3.63) is 0 Å². The van der Waals surface area contributed by atoms with Crippen molar-refractivity contribution >= 4 is 10.8 Å². The van der Waals surface area contributed by atoms with Gasteiger partial charge in [0.15, 0.2) is 0 Å².